The van der Waals surface area contributed by atoms with E-state index >= 15 is 0 Å². The molecule has 248 valence electrons. The average molecular weight is 594 g/mol. The van der Waals surface area contributed by atoms with Crippen molar-refractivity contribution >= 4 is 11.9 Å². The highest BCUT2D eigenvalue weighted by Gasteiger charge is 2.38. The Morgan fingerprint density at radius 1 is 0.571 bits per heavy atom. The molecule has 5 nitrogen and oxygen atoms in total. The van der Waals surface area contributed by atoms with Gasteiger partial charge in [-0.3, -0.25) is 14.5 Å². The van der Waals surface area contributed by atoms with Crippen LogP contribution in [0.3, 0.4) is 0 Å². The number of unbranched alkanes of at least 4 members (excludes halogenated alkanes) is 25. The highest BCUT2D eigenvalue weighted by atomic mass is 16.5. The van der Waals surface area contributed by atoms with Crippen LogP contribution in [-0.4, -0.2) is 47.2 Å². The average Bonchev–Trinajstić information content (AvgIpc) is 3.38. The van der Waals surface area contributed by atoms with E-state index in [0.717, 1.165) is 32.2 Å². The van der Waals surface area contributed by atoms with Crippen molar-refractivity contribution in [2.75, 3.05) is 13.1 Å². The number of carboxylic acid groups (broad SMARTS) is 1. The summed E-state index contributed by atoms with van der Waals surface area (Å²) >= 11 is 0. The van der Waals surface area contributed by atoms with Gasteiger partial charge in [0.25, 0.3) is 0 Å². The van der Waals surface area contributed by atoms with Crippen LogP contribution in [0.2, 0.25) is 0 Å². The Balaban J connectivity index is 2.00. The molecular formula is C37H71NO4. The Kier molecular flexibility index (Phi) is 26.6. The van der Waals surface area contributed by atoms with Gasteiger partial charge in [-0.15, -0.1) is 0 Å². The third kappa shape index (κ3) is 22.4. The van der Waals surface area contributed by atoms with Gasteiger partial charge in [0.15, 0.2) is 0 Å². The van der Waals surface area contributed by atoms with Crippen molar-refractivity contribution < 1.29 is 19.4 Å². The molecule has 0 aliphatic carbocycles. The van der Waals surface area contributed by atoms with Gasteiger partial charge in [0, 0.05) is 19.4 Å². The normalized spacial score (nSPS) is 17.2. The van der Waals surface area contributed by atoms with Gasteiger partial charge in [0.05, 0.1) is 0 Å². The molecule has 0 aromatic carbocycles. The molecule has 0 amide bonds. The van der Waals surface area contributed by atoms with E-state index in [1.165, 1.54) is 148 Å². The molecule has 1 rings (SSSR count). The van der Waals surface area contributed by atoms with Crippen LogP contribution in [0.25, 0.3) is 0 Å². The van der Waals surface area contributed by atoms with Crippen LogP contribution in [-0.2, 0) is 14.3 Å². The number of nitrogens with zero attached hydrogens (tertiary/aromatic N) is 1. The zero-order valence-corrected chi connectivity index (χ0v) is 28.2. The minimum Gasteiger partial charge on any atom is -0.480 e. The van der Waals surface area contributed by atoms with E-state index in [0.29, 0.717) is 19.4 Å². The van der Waals surface area contributed by atoms with E-state index in [9.17, 15) is 14.7 Å². The summed E-state index contributed by atoms with van der Waals surface area (Å²) in [5.41, 5.74) is 0. The molecule has 1 aliphatic rings. The summed E-state index contributed by atoms with van der Waals surface area (Å²) < 4.78 is 5.71. The molecule has 1 aliphatic heterocycles. The monoisotopic (exact) mass is 594 g/mol. The van der Waals surface area contributed by atoms with Crippen molar-refractivity contribution in [2.45, 2.75) is 212 Å². The molecule has 1 N–H and O–H groups in total. The molecule has 0 unspecified atom stereocenters. The van der Waals surface area contributed by atoms with E-state index in [2.05, 4.69) is 13.8 Å². The first-order valence-electron chi connectivity index (χ1n) is 18.7. The molecule has 1 saturated heterocycles. The van der Waals surface area contributed by atoms with Crippen molar-refractivity contribution in [3.05, 3.63) is 0 Å². The van der Waals surface area contributed by atoms with Crippen LogP contribution in [0.5, 0.6) is 0 Å². The summed E-state index contributed by atoms with van der Waals surface area (Å²) in [6.45, 7) is 5.90. The zero-order chi connectivity index (χ0) is 30.5. The van der Waals surface area contributed by atoms with Crippen molar-refractivity contribution in [1.82, 2.24) is 4.90 Å². The number of carbonyl (C=O) groups excluding carboxylic acids is 1. The lowest BCUT2D eigenvalue weighted by atomic mass is 10.0. The Hall–Kier alpha value is -1.10. The standard InChI is InChI=1S/C37H71NO4/c1-3-5-7-9-11-13-15-17-19-21-23-25-27-29-31-38-33-34(32-35(38)37(40)41)42-36(39)30-28-26-24-22-20-18-16-14-12-10-8-6-4-2/h34-35H,3-33H2,1-2H3,(H,40,41)/t34-,35+/m1/s1. The fourth-order valence-electron chi connectivity index (χ4n) is 6.49. The van der Waals surface area contributed by atoms with Gasteiger partial charge in [0.2, 0.25) is 0 Å². The molecule has 5 heteroatoms. The summed E-state index contributed by atoms with van der Waals surface area (Å²) in [6, 6.07) is -0.513. The van der Waals surface area contributed by atoms with Crippen LogP contribution >= 0.6 is 0 Å². The molecule has 0 saturated carbocycles. The molecule has 0 bridgehead atoms. The van der Waals surface area contributed by atoms with Crippen molar-refractivity contribution in [3.63, 3.8) is 0 Å². The fraction of sp³-hybridized carbons (Fsp3) is 0.946. The van der Waals surface area contributed by atoms with Gasteiger partial charge >= 0.3 is 11.9 Å². The number of hydrogen-bond acceptors (Lipinski definition) is 4. The number of esters is 1. The summed E-state index contributed by atoms with van der Waals surface area (Å²) in [5, 5.41) is 9.70. The Bertz CT molecular complexity index is 625. The number of aliphatic carboxylic acids is 1. The Morgan fingerprint density at radius 3 is 1.31 bits per heavy atom. The first-order valence-corrected chi connectivity index (χ1v) is 18.7. The second-order valence-electron chi connectivity index (χ2n) is 13.3. The number of likely N-dealkylation sites (tertiary alicyclic amines) is 1. The summed E-state index contributed by atoms with van der Waals surface area (Å²) in [6.07, 6.45) is 35.9. The molecule has 2 atom stereocenters. The Morgan fingerprint density at radius 2 is 0.929 bits per heavy atom. The predicted molar refractivity (Wildman–Crippen MR) is 178 cm³/mol. The third-order valence-corrected chi connectivity index (χ3v) is 9.23. The maximum Gasteiger partial charge on any atom is 0.321 e. The molecule has 0 radical (unpaired) electrons. The summed E-state index contributed by atoms with van der Waals surface area (Å²) in [5.74, 6) is -0.930. The van der Waals surface area contributed by atoms with Gasteiger partial charge in [-0.05, 0) is 19.4 Å². The highest BCUT2D eigenvalue weighted by Crippen LogP contribution is 2.23. The second-order valence-corrected chi connectivity index (χ2v) is 13.3. The quantitative estimate of drug-likeness (QED) is 0.0639. The van der Waals surface area contributed by atoms with Gasteiger partial charge in [-0.1, -0.05) is 174 Å². The van der Waals surface area contributed by atoms with Crippen LogP contribution < -0.4 is 0 Å². The second kappa shape index (κ2) is 28.7. The van der Waals surface area contributed by atoms with Crippen LogP contribution in [0.1, 0.15) is 200 Å². The maximum absolute atomic E-state index is 12.4. The van der Waals surface area contributed by atoms with Crippen molar-refractivity contribution in [1.29, 1.82) is 0 Å². The maximum atomic E-state index is 12.4. The van der Waals surface area contributed by atoms with Gasteiger partial charge in [-0.2, -0.15) is 0 Å². The molecule has 1 heterocycles. The van der Waals surface area contributed by atoms with Crippen LogP contribution in [0.15, 0.2) is 0 Å². The first-order chi connectivity index (χ1) is 20.6. The topological polar surface area (TPSA) is 66.8 Å². The minimum atomic E-state index is -0.782. The van der Waals surface area contributed by atoms with Gasteiger partial charge in [0.1, 0.15) is 12.1 Å². The van der Waals surface area contributed by atoms with E-state index in [1.54, 1.807) is 0 Å². The van der Waals surface area contributed by atoms with E-state index in [-0.39, 0.29) is 12.1 Å². The smallest absolute Gasteiger partial charge is 0.321 e. The number of carboxylic acids is 1. The van der Waals surface area contributed by atoms with E-state index in [4.69, 9.17) is 4.74 Å². The molecule has 42 heavy (non-hydrogen) atoms. The summed E-state index contributed by atoms with van der Waals surface area (Å²) in [4.78, 5) is 26.2. The molecule has 0 spiro atoms. The van der Waals surface area contributed by atoms with Gasteiger partial charge in [-0.25, -0.2) is 0 Å². The van der Waals surface area contributed by atoms with Crippen molar-refractivity contribution in [2.24, 2.45) is 0 Å². The number of rotatable bonds is 31. The van der Waals surface area contributed by atoms with E-state index < -0.39 is 12.0 Å². The van der Waals surface area contributed by atoms with Crippen LogP contribution in [0.4, 0.5) is 0 Å². The largest absolute Gasteiger partial charge is 0.480 e. The lowest BCUT2D eigenvalue weighted by molar-refractivity contribution is -0.149. The third-order valence-electron chi connectivity index (χ3n) is 9.23. The number of ether oxygens (including phenoxy) is 1. The Labute approximate surface area is 261 Å². The highest BCUT2D eigenvalue weighted by molar-refractivity contribution is 5.74. The van der Waals surface area contributed by atoms with Gasteiger partial charge < -0.3 is 9.84 Å². The molecular weight excluding hydrogens is 522 g/mol. The molecule has 1 fully saturated rings. The fourth-order valence-corrected chi connectivity index (χ4v) is 6.49. The number of carbonyl (C=O) groups is 2. The van der Waals surface area contributed by atoms with E-state index in [1.807, 2.05) is 4.90 Å². The molecule has 0 aromatic rings. The zero-order valence-electron chi connectivity index (χ0n) is 28.2. The lowest BCUT2D eigenvalue weighted by Crippen LogP contribution is -2.36. The number of hydrogen-bond donors (Lipinski definition) is 1. The lowest BCUT2D eigenvalue weighted by Gasteiger charge is -2.20. The minimum absolute atomic E-state index is 0.148. The first kappa shape index (κ1) is 38.9. The summed E-state index contributed by atoms with van der Waals surface area (Å²) in [7, 11) is 0. The van der Waals surface area contributed by atoms with Crippen LogP contribution in [0, 0.1) is 0 Å². The SMILES string of the molecule is CCCCCCCCCCCCCCCCN1C[C@H](OC(=O)CCCCCCCCCCCCCCC)C[C@H]1C(=O)O. The van der Waals surface area contributed by atoms with Crippen molar-refractivity contribution in [3.8, 4) is 0 Å². The molecule has 0 aromatic heterocycles. The predicted octanol–water partition coefficient (Wildman–Crippen LogP) is 11.0.